The first-order valence-corrected chi connectivity index (χ1v) is 8.99. The van der Waals surface area contributed by atoms with E-state index in [1.807, 2.05) is 31.2 Å². The maximum atomic E-state index is 11.9. The maximum Gasteiger partial charge on any atom is 0.337 e. The van der Waals surface area contributed by atoms with Crippen LogP contribution >= 0.6 is 11.8 Å². The van der Waals surface area contributed by atoms with Crippen LogP contribution in [0.15, 0.2) is 48.5 Å². The van der Waals surface area contributed by atoms with Crippen LogP contribution in [0.3, 0.4) is 0 Å². The van der Waals surface area contributed by atoms with Gasteiger partial charge < -0.3 is 14.8 Å². The number of hydrogen-bond acceptors (Lipinski definition) is 5. The zero-order chi connectivity index (χ0) is 18.1. The summed E-state index contributed by atoms with van der Waals surface area (Å²) in [7, 11) is 1.33. The molecule has 132 valence electrons. The summed E-state index contributed by atoms with van der Waals surface area (Å²) < 4.78 is 10.2. The number of anilines is 1. The predicted octanol–water partition coefficient (Wildman–Crippen LogP) is 3.53. The normalized spacial score (nSPS) is 10.2. The Morgan fingerprint density at radius 3 is 2.36 bits per heavy atom. The third-order valence-corrected chi connectivity index (χ3v) is 4.26. The summed E-state index contributed by atoms with van der Waals surface area (Å²) in [6.07, 6.45) is 0. The number of ether oxygens (including phenoxy) is 2. The number of aryl methyl sites for hydroxylation is 1. The van der Waals surface area contributed by atoms with Crippen molar-refractivity contribution < 1.29 is 19.1 Å². The minimum atomic E-state index is -0.401. The minimum absolute atomic E-state index is 0.0915. The highest BCUT2D eigenvalue weighted by atomic mass is 32.2. The van der Waals surface area contributed by atoms with E-state index in [1.165, 1.54) is 24.4 Å². The van der Waals surface area contributed by atoms with Gasteiger partial charge >= 0.3 is 5.97 Å². The van der Waals surface area contributed by atoms with Gasteiger partial charge in [-0.2, -0.15) is 0 Å². The maximum absolute atomic E-state index is 11.9. The van der Waals surface area contributed by atoms with Crippen molar-refractivity contribution in [2.24, 2.45) is 0 Å². The van der Waals surface area contributed by atoms with Crippen LogP contribution in [-0.4, -0.2) is 37.1 Å². The van der Waals surface area contributed by atoms with Crippen LogP contribution < -0.4 is 10.1 Å². The van der Waals surface area contributed by atoms with Crippen molar-refractivity contribution in [3.05, 3.63) is 59.7 Å². The molecule has 0 unspecified atom stereocenters. The first-order valence-electron chi connectivity index (χ1n) is 7.84. The molecule has 0 bridgehead atoms. The predicted molar refractivity (Wildman–Crippen MR) is 100 cm³/mol. The van der Waals surface area contributed by atoms with Crippen molar-refractivity contribution in [3.63, 3.8) is 0 Å². The van der Waals surface area contributed by atoms with E-state index in [1.54, 1.807) is 24.3 Å². The Bertz CT molecular complexity index is 698. The molecule has 0 radical (unpaired) electrons. The van der Waals surface area contributed by atoms with Gasteiger partial charge in [0.15, 0.2) is 0 Å². The first kappa shape index (κ1) is 18.9. The molecule has 25 heavy (non-hydrogen) atoms. The number of carbonyl (C=O) groups excluding carboxylic acids is 2. The molecule has 2 rings (SSSR count). The fraction of sp³-hybridized carbons (Fsp3) is 0.263. The van der Waals surface area contributed by atoms with E-state index in [4.69, 9.17) is 4.74 Å². The van der Waals surface area contributed by atoms with Crippen LogP contribution in [0.1, 0.15) is 15.9 Å². The van der Waals surface area contributed by atoms with Crippen molar-refractivity contribution in [2.75, 3.05) is 30.5 Å². The number of nitrogens with one attached hydrogen (secondary N) is 1. The van der Waals surface area contributed by atoms with Gasteiger partial charge in [0.25, 0.3) is 0 Å². The summed E-state index contributed by atoms with van der Waals surface area (Å²) in [5.74, 6) is 1.41. The van der Waals surface area contributed by atoms with Gasteiger partial charge in [0.2, 0.25) is 5.91 Å². The molecule has 6 heteroatoms. The Kier molecular flexibility index (Phi) is 7.35. The first-order chi connectivity index (χ1) is 12.1. The zero-order valence-corrected chi connectivity index (χ0v) is 15.1. The lowest BCUT2D eigenvalue weighted by Gasteiger charge is -2.07. The fourth-order valence-corrected chi connectivity index (χ4v) is 2.63. The summed E-state index contributed by atoms with van der Waals surface area (Å²) in [4.78, 5) is 23.2. The van der Waals surface area contributed by atoms with E-state index < -0.39 is 5.97 Å². The van der Waals surface area contributed by atoms with Crippen LogP contribution in [0.2, 0.25) is 0 Å². The number of methoxy groups -OCH3 is 1. The van der Waals surface area contributed by atoms with Gasteiger partial charge in [-0.3, -0.25) is 4.79 Å². The molecule has 0 saturated carbocycles. The number of esters is 1. The van der Waals surface area contributed by atoms with Crippen molar-refractivity contribution in [1.29, 1.82) is 0 Å². The van der Waals surface area contributed by atoms with E-state index in [0.29, 0.717) is 23.6 Å². The lowest BCUT2D eigenvalue weighted by molar-refractivity contribution is -0.113. The smallest absolute Gasteiger partial charge is 0.337 e. The molecule has 0 saturated heterocycles. The number of amides is 1. The van der Waals surface area contributed by atoms with E-state index >= 15 is 0 Å². The number of hydrogen-bond donors (Lipinski definition) is 1. The van der Waals surface area contributed by atoms with Crippen molar-refractivity contribution in [2.45, 2.75) is 6.92 Å². The minimum Gasteiger partial charge on any atom is -0.493 e. The monoisotopic (exact) mass is 359 g/mol. The molecule has 5 nitrogen and oxygen atoms in total. The highest BCUT2D eigenvalue weighted by Gasteiger charge is 2.06. The van der Waals surface area contributed by atoms with Gasteiger partial charge in [-0.25, -0.2) is 4.79 Å². The van der Waals surface area contributed by atoms with Gasteiger partial charge in [-0.15, -0.1) is 11.8 Å². The number of carbonyl (C=O) groups is 2. The average Bonchev–Trinajstić information content (AvgIpc) is 2.63. The topological polar surface area (TPSA) is 64.6 Å². The zero-order valence-electron chi connectivity index (χ0n) is 14.3. The van der Waals surface area contributed by atoms with E-state index in [0.717, 1.165) is 11.5 Å². The average molecular weight is 359 g/mol. The van der Waals surface area contributed by atoms with Crippen molar-refractivity contribution in [3.8, 4) is 5.75 Å². The second kappa shape index (κ2) is 9.74. The van der Waals surface area contributed by atoms with Gasteiger partial charge in [0.1, 0.15) is 5.75 Å². The Labute approximate surface area is 151 Å². The van der Waals surface area contributed by atoms with E-state index in [2.05, 4.69) is 10.1 Å². The van der Waals surface area contributed by atoms with Crippen molar-refractivity contribution >= 4 is 29.3 Å². The molecule has 0 heterocycles. The SMILES string of the molecule is COC(=O)c1ccc(NC(=O)CSCCOc2ccc(C)cc2)cc1. The summed E-state index contributed by atoms with van der Waals surface area (Å²) in [6, 6.07) is 14.5. The molecule has 2 aromatic carbocycles. The highest BCUT2D eigenvalue weighted by molar-refractivity contribution is 7.99. The summed E-state index contributed by atoms with van der Waals surface area (Å²) in [5, 5.41) is 2.79. The lowest BCUT2D eigenvalue weighted by atomic mass is 10.2. The lowest BCUT2D eigenvalue weighted by Crippen LogP contribution is -2.15. The Morgan fingerprint density at radius 2 is 1.72 bits per heavy atom. The highest BCUT2D eigenvalue weighted by Crippen LogP contribution is 2.13. The quantitative estimate of drug-likeness (QED) is 0.577. The third kappa shape index (κ3) is 6.51. The number of rotatable bonds is 8. The van der Waals surface area contributed by atoms with E-state index in [-0.39, 0.29) is 5.91 Å². The van der Waals surface area contributed by atoms with Gasteiger partial charge in [-0.05, 0) is 43.3 Å². The largest absolute Gasteiger partial charge is 0.493 e. The summed E-state index contributed by atoms with van der Waals surface area (Å²) in [6.45, 7) is 2.58. The Balaban J connectivity index is 1.65. The number of thioether (sulfide) groups is 1. The molecular formula is C19H21NO4S. The molecule has 0 fully saturated rings. The molecule has 0 aromatic heterocycles. The molecule has 0 aliphatic heterocycles. The van der Waals surface area contributed by atoms with Gasteiger partial charge in [0, 0.05) is 11.4 Å². The molecule has 0 aliphatic carbocycles. The molecule has 2 aromatic rings. The van der Waals surface area contributed by atoms with Gasteiger partial charge in [0.05, 0.1) is 25.0 Å². The Hall–Kier alpha value is -2.47. The van der Waals surface area contributed by atoms with Crippen LogP contribution in [0, 0.1) is 6.92 Å². The Morgan fingerprint density at radius 1 is 1.04 bits per heavy atom. The molecule has 1 N–H and O–H groups in total. The van der Waals surface area contributed by atoms with E-state index in [9.17, 15) is 9.59 Å². The second-order valence-electron chi connectivity index (χ2n) is 5.33. The van der Waals surface area contributed by atoms with Crippen LogP contribution in [-0.2, 0) is 9.53 Å². The van der Waals surface area contributed by atoms with Crippen LogP contribution in [0.4, 0.5) is 5.69 Å². The summed E-state index contributed by atoms with van der Waals surface area (Å²) >= 11 is 1.50. The molecule has 1 amide bonds. The molecule has 0 aliphatic rings. The standard InChI is InChI=1S/C19H21NO4S/c1-14-3-9-17(10-4-14)24-11-12-25-13-18(21)20-16-7-5-15(6-8-16)19(22)23-2/h3-10H,11-13H2,1-2H3,(H,20,21). The molecule has 0 atom stereocenters. The fourth-order valence-electron chi connectivity index (χ4n) is 2.02. The van der Waals surface area contributed by atoms with Crippen LogP contribution in [0.5, 0.6) is 5.75 Å². The second-order valence-corrected chi connectivity index (χ2v) is 6.44. The third-order valence-electron chi connectivity index (χ3n) is 3.34. The molecule has 0 spiro atoms. The van der Waals surface area contributed by atoms with Crippen LogP contribution in [0.25, 0.3) is 0 Å². The molecular weight excluding hydrogens is 338 g/mol. The van der Waals surface area contributed by atoms with Crippen molar-refractivity contribution in [1.82, 2.24) is 0 Å². The van der Waals surface area contributed by atoms with Gasteiger partial charge in [-0.1, -0.05) is 17.7 Å². The number of benzene rings is 2. The summed E-state index contributed by atoms with van der Waals surface area (Å²) in [5.41, 5.74) is 2.29.